The van der Waals surface area contributed by atoms with E-state index in [-0.39, 0.29) is 0 Å². The van der Waals surface area contributed by atoms with Gasteiger partial charge in [0, 0.05) is 61.2 Å². The SMILES string of the molecule is Cc1ccc(OCCCN2CCN(c3cccc4[nH]ccc34)CC2)cn1. The predicted molar refractivity (Wildman–Crippen MR) is 106 cm³/mol. The van der Waals surface area contributed by atoms with Gasteiger partial charge in [0.1, 0.15) is 5.75 Å². The summed E-state index contributed by atoms with van der Waals surface area (Å²) in [7, 11) is 0. The van der Waals surface area contributed by atoms with Crippen LogP contribution in [0, 0.1) is 6.92 Å². The molecule has 1 N–H and O–H groups in total. The summed E-state index contributed by atoms with van der Waals surface area (Å²) in [4.78, 5) is 12.6. The van der Waals surface area contributed by atoms with Gasteiger partial charge in [-0.25, -0.2) is 0 Å². The average Bonchev–Trinajstić information content (AvgIpc) is 3.16. The second kappa shape index (κ2) is 7.79. The molecule has 0 amide bonds. The minimum atomic E-state index is 0.744. The number of aromatic amines is 1. The zero-order chi connectivity index (χ0) is 17.8. The van der Waals surface area contributed by atoms with Gasteiger partial charge in [-0.1, -0.05) is 6.07 Å². The largest absolute Gasteiger partial charge is 0.492 e. The van der Waals surface area contributed by atoms with Crippen LogP contribution in [0.1, 0.15) is 12.1 Å². The van der Waals surface area contributed by atoms with E-state index in [2.05, 4.69) is 44.0 Å². The maximum Gasteiger partial charge on any atom is 0.137 e. The molecule has 26 heavy (non-hydrogen) atoms. The van der Waals surface area contributed by atoms with Gasteiger partial charge in [-0.2, -0.15) is 0 Å². The van der Waals surface area contributed by atoms with Crippen molar-refractivity contribution in [3.8, 4) is 5.75 Å². The number of rotatable bonds is 6. The first-order valence-corrected chi connectivity index (χ1v) is 9.38. The van der Waals surface area contributed by atoms with E-state index in [1.807, 2.05) is 25.3 Å². The number of piperazine rings is 1. The third kappa shape index (κ3) is 3.83. The van der Waals surface area contributed by atoms with Crippen LogP contribution in [0.4, 0.5) is 5.69 Å². The Balaban J connectivity index is 1.22. The third-order valence-electron chi connectivity index (χ3n) is 5.06. The highest BCUT2D eigenvalue weighted by molar-refractivity contribution is 5.92. The van der Waals surface area contributed by atoms with Gasteiger partial charge in [0.2, 0.25) is 0 Å². The van der Waals surface area contributed by atoms with Crippen LogP contribution in [0.5, 0.6) is 5.75 Å². The van der Waals surface area contributed by atoms with Crippen LogP contribution in [0.2, 0.25) is 0 Å². The van der Waals surface area contributed by atoms with Crippen molar-refractivity contribution in [2.75, 3.05) is 44.2 Å². The van der Waals surface area contributed by atoms with E-state index in [9.17, 15) is 0 Å². The molecule has 1 aromatic carbocycles. The molecular formula is C21H26N4O. The third-order valence-corrected chi connectivity index (χ3v) is 5.06. The van der Waals surface area contributed by atoms with Crippen molar-refractivity contribution in [3.63, 3.8) is 0 Å². The molecule has 0 bridgehead atoms. The minimum Gasteiger partial charge on any atom is -0.492 e. The number of anilines is 1. The lowest BCUT2D eigenvalue weighted by molar-refractivity contribution is 0.224. The number of fused-ring (bicyclic) bond motifs is 1. The fraction of sp³-hybridized carbons (Fsp3) is 0.381. The summed E-state index contributed by atoms with van der Waals surface area (Å²) < 4.78 is 5.78. The first kappa shape index (κ1) is 16.9. The lowest BCUT2D eigenvalue weighted by atomic mass is 10.1. The van der Waals surface area contributed by atoms with Gasteiger partial charge >= 0.3 is 0 Å². The number of ether oxygens (including phenoxy) is 1. The van der Waals surface area contributed by atoms with E-state index >= 15 is 0 Å². The van der Waals surface area contributed by atoms with Gasteiger partial charge in [0.05, 0.1) is 12.8 Å². The smallest absolute Gasteiger partial charge is 0.137 e. The number of hydrogen-bond donors (Lipinski definition) is 1. The molecule has 5 heteroatoms. The molecule has 1 aliphatic heterocycles. The Morgan fingerprint density at radius 3 is 2.77 bits per heavy atom. The average molecular weight is 350 g/mol. The molecule has 0 aliphatic carbocycles. The summed E-state index contributed by atoms with van der Waals surface area (Å²) >= 11 is 0. The van der Waals surface area contributed by atoms with Gasteiger partial charge in [0.25, 0.3) is 0 Å². The van der Waals surface area contributed by atoms with Crippen molar-refractivity contribution in [2.45, 2.75) is 13.3 Å². The van der Waals surface area contributed by atoms with Crippen LogP contribution in [0.3, 0.4) is 0 Å². The first-order chi connectivity index (χ1) is 12.8. The Bertz CT molecular complexity index is 835. The van der Waals surface area contributed by atoms with Crippen molar-refractivity contribution in [1.29, 1.82) is 0 Å². The lowest BCUT2D eigenvalue weighted by Crippen LogP contribution is -2.46. The minimum absolute atomic E-state index is 0.744. The Labute approximate surface area is 154 Å². The first-order valence-electron chi connectivity index (χ1n) is 9.38. The van der Waals surface area contributed by atoms with E-state index < -0.39 is 0 Å². The molecule has 4 rings (SSSR count). The maximum atomic E-state index is 5.78. The van der Waals surface area contributed by atoms with Gasteiger partial charge in [-0.3, -0.25) is 9.88 Å². The second-order valence-corrected chi connectivity index (χ2v) is 6.88. The van der Waals surface area contributed by atoms with Crippen molar-refractivity contribution in [2.24, 2.45) is 0 Å². The molecule has 0 radical (unpaired) electrons. The molecule has 0 saturated carbocycles. The monoisotopic (exact) mass is 350 g/mol. The van der Waals surface area contributed by atoms with Gasteiger partial charge in [0.15, 0.2) is 0 Å². The molecule has 3 aromatic rings. The van der Waals surface area contributed by atoms with Crippen molar-refractivity contribution in [1.82, 2.24) is 14.9 Å². The molecule has 1 saturated heterocycles. The molecule has 0 unspecified atom stereocenters. The molecule has 0 spiro atoms. The quantitative estimate of drug-likeness (QED) is 0.692. The number of nitrogens with zero attached hydrogens (tertiary/aromatic N) is 3. The highest BCUT2D eigenvalue weighted by Gasteiger charge is 2.18. The Hall–Kier alpha value is -2.53. The van der Waals surface area contributed by atoms with Crippen LogP contribution >= 0.6 is 0 Å². The molecule has 1 aliphatic rings. The van der Waals surface area contributed by atoms with Crippen molar-refractivity contribution in [3.05, 3.63) is 54.5 Å². The molecule has 0 atom stereocenters. The molecule has 5 nitrogen and oxygen atoms in total. The number of hydrogen-bond acceptors (Lipinski definition) is 4. The maximum absolute atomic E-state index is 5.78. The van der Waals surface area contributed by atoms with Gasteiger partial charge < -0.3 is 14.6 Å². The molecule has 2 aromatic heterocycles. The lowest BCUT2D eigenvalue weighted by Gasteiger charge is -2.36. The van der Waals surface area contributed by atoms with Crippen LogP contribution in [0.25, 0.3) is 10.9 Å². The zero-order valence-electron chi connectivity index (χ0n) is 15.3. The number of H-pyrrole nitrogens is 1. The topological polar surface area (TPSA) is 44.4 Å². The molecule has 136 valence electrons. The summed E-state index contributed by atoms with van der Waals surface area (Å²) in [6, 6.07) is 12.7. The van der Waals surface area contributed by atoms with E-state index in [1.165, 1.54) is 16.6 Å². The standard InChI is InChI=1S/C21H26N4O/c1-17-6-7-18(16-23-17)26-15-3-10-24-11-13-25(14-12-24)21-5-2-4-20-19(21)8-9-22-20/h2,4-9,16,22H,3,10-15H2,1H3. The van der Waals surface area contributed by atoms with Crippen molar-refractivity contribution >= 4 is 16.6 Å². The summed E-state index contributed by atoms with van der Waals surface area (Å²) in [6.45, 7) is 8.18. The Morgan fingerprint density at radius 1 is 1.08 bits per heavy atom. The summed E-state index contributed by atoms with van der Waals surface area (Å²) in [5.74, 6) is 0.861. The summed E-state index contributed by atoms with van der Waals surface area (Å²) in [6.07, 6.45) is 4.87. The Kier molecular flexibility index (Phi) is 5.07. The molecule has 1 fully saturated rings. The van der Waals surface area contributed by atoms with Crippen LogP contribution in [0.15, 0.2) is 48.8 Å². The second-order valence-electron chi connectivity index (χ2n) is 6.88. The summed E-state index contributed by atoms with van der Waals surface area (Å²) in [5, 5.41) is 1.32. The fourth-order valence-electron chi connectivity index (χ4n) is 3.57. The highest BCUT2D eigenvalue weighted by Crippen LogP contribution is 2.26. The summed E-state index contributed by atoms with van der Waals surface area (Å²) in [5.41, 5.74) is 3.58. The normalized spacial score (nSPS) is 15.5. The number of aromatic nitrogens is 2. The van der Waals surface area contributed by atoms with E-state index in [0.717, 1.165) is 57.2 Å². The molecule has 3 heterocycles. The molecular weight excluding hydrogens is 324 g/mol. The van der Waals surface area contributed by atoms with E-state index in [4.69, 9.17) is 4.74 Å². The number of benzene rings is 1. The fourth-order valence-corrected chi connectivity index (χ4v) is 3.57. The van der Waals surface area contributed by atoms with Gasteiger partial charge in [-0.15, -0.1) is 0 Å². The number of aryl methyl sites for hydroxylation is 1. The number of nitrogens with one attached hydrogen (secondary N) is 1. The Morgan fingerprint density at radius 2 is 1.96 bits per heavy atom. The predicted octanol–water partition coefficient (Wildman–Crippen LogP) is 3.46. The van der Waals surface area contributed by atoms with E-state index in [1.54, 1.807) is 6.20 Å². The highest BCUT2D eigenvalue weighted by atomic mass is 16.5. The van der Waals surface area contributed by atoms with Crippen molar-refractivity contribution < 1.29 is 4.74 Å². The van der Waals surface area contributed by atoms with E-state index in [0.29, 0.717) is 0 Å². The van der Waals surface area contributed by atoms with Crippen LogP contribution < -0.4 is 9.64 Å². The van der Waals surface area contributed by atoms with Crippen LogP contribution in [-0.4, -0.2) is 54.2 Å². The van der Waals surface area contributed by atoms with Gasteiger partial charge in [-0.05, 0) is 43.7 Å². The zero-order valence-corrected chi connectivity index (χ0v) is 15.3. The number of pyridine rings is 1. The van der Waals surface area contributed by atoms with Crippen LogP contribution in [-0.2, 0) is 0 Å².